The maximum atomic E-state index is 3.07. The molecule has 14 atom stereocenters. The summed E-state index contributed by atoms with van der Waals surface area (Å²) in [6, 6.07) is 3.24. The fourth-order valence-electron chi connectivity index (χ4n) is 13.8. The monoisotopic (exact) mass is 696 g/mol. The molecule has 0 aromatic heterocycles. The van der Waals surface area contributed by atoms with Gasteiger partial charge in [0.15, 0.2) is 0 Å². The molecule has 3 heteroatoms. The van der Waals surface area contributed by atoms with E-state index < -0.39 is 0 Å². The van der Waals surface area contributed by atoms with Gasteiger partial charge >= 0.3 is 0 Å². The summed E-state index contributed by atoms with van der Waals surface area (Å²) in [5, 5.41) is 0.765. The number of allylic oxidation sites excluding steroid dienone is 12. The quantitative estimate of drug-likeness (QED) is 0.270. The summed E-state index contributed by atoms with van der Waals surface area (Å²) in [5.41, 5.74) is 5.04. The molecule has 0 radical (unpaired) electrons. The highest BCUT2D eigenvalue weighted by Crippen LogP contribution is 2.60. The van der Waals surface area contributed by atoms with Crippen molar-refractivity contribution in [3.8, 4) is 0 Å². The molecule has 0 bridgehead atoms. The van der Waals surface area contributed by atoms with Gasteiger partial charge in [0.05, 0.1) is 6.04 Å². The Bertz CT molecular complexity index is 1670. The van der Waals surface area contributed by atoms with Crippen molar-refractivity contribution >= 4 is 11.8 Å². The molecule has 0 aromatic rings. The molecule has 3 aliphatic heterocycles. The standard InChI is InChI=1S/C48H60N2S/c1-3-13-31(14-4-1)35-27-28-43(48-47(35)40-19-9-12-22-46(40)51-48)50-42-21-11-8-18-37(42)39-26-24-33(30-45(39)50)32-23-25-38-36-17-7-10-20-41(36)49(44(38)29-32)34-15-5-2-6-16-34/h5,7,9,13,15,17,19,23-28,30,32,34-42,44-47H,1-4,6,8,10-12,14,16,18,20-22,29H2. The molecule has 0 aromatic carbocycles. The largest absolute Gasteiger partial charge is 0.361 e. The predicted octanol–water partition coefficient (Wildman–Crippen LogP) is 11.3. The minimum atomic E-state index is 0.507. The summed E-state index contributed by atoms with van der Waals surface area (Å²) >= 11 is 2.32. The minimum Gasteiger partial charge on any atom is -0.361 e. The third-order valence-corrected chi connectivity index (χ3v) is 17.5. The number of fused-ring (bicyclic) bond motifs is 9. The molecule has 11 aliphatic rings. The minimum absolute atomic E-state index is 0.507. The molecular formula is C48H60N2S. The van der Waals surface area contributed by atoms with Gasteiger partial charge in [-0.15, -0.1) is 11.8 Å². The number of nitrogens with zero attached hydrogens (tertiary/aromatic N) is 2. The van der Waals surface area contributed by atoms with Gasteiger partial charge in [-0.25, -0.2) is 0 Å². The van der Waals surface area contributed by atoms with E-state index in [2.05, 4.69) is 107 Å². The molecule has 0 N–H and O–H groups in total. The number of rotatable bonds is 4. The average Bonchev–Trinajstić information content (AvgIpc) is 3.86. The molecule has 2 nitrogen and oxygen atoms in total. The first-order valence-electron chi connectivity index (χ1n) is 21.7. The summed E-state index contributed by atoms with van der Waals surface area (Å²) in [7, 11) is 0. The van der Waals surface area contributed by atoms with Crippen LogP contribution in [0.5, 0.6) is 0 Å². The fourth-order valence-corrected chi connectivity index (χ4v) is 15.5. The van der Waals surface area contributed by atoms with Gasteiger partial charge in [0, 0.05) is 75.5 Å². The van der Waals surface area contributed by atoms with Crippen molar-refractivity contribution < 1.29 is 0 Å². The zero-order chi connectivity index (χ0) is 33.5. The fraction of sp³-hybridized carbons (Fsp3) is 0.625. The van der Waals surface area contributed by atoms with E-state index in [1.54, 1.807) is 21.7 Å². The molecule has 268 valence electrons. The summed E-state index contributed by atoms with van der Waals surface area (Å²) < 4.78 is 0. The lowest BCUT2D eigenvalue weighted by atomic mass is 9.70. The first-order valence-corrected chi connectivity index (χ1v) is 22.6. The highest BCUT2D eigenvalue weighted by atomic mass is 32.2. The van der Waals surface area contributed by atoms with E-state index in [1.165, 1.54) is 103 Å². The Balaban J connectivity index is 0.946. The Morgan fingerprint density at radius 2 is 1.51 bits per heavy atom. The third-order valence-electron chi connectivity index (χ3n) is 15.9. The Morgan fingerprint density at radius 1 is 0.627 bits per heavy atom. The summed E-state index contributed by atoms with van der Waals surface area (Å²) in [6.45, 7) is 0. The lowest BCUT2D eigenvalue weighted by molar-refractivity contribution is 0.115. The Labute approximate surface area is 312 Å². The third kappa shape index (κ3) is 5.27. The van der Waals surface area contributed by atoms with Gasteiger partial charge in [0.25, 0.3) is 0 Å². The number of likely N-dealkylation sites (tertiary alicyclic amines) is 2. The van der Waals surface area contributed by atoms with E-state index in [4.69, 9.17) is 0 Å². The molecule has 0 amide bonds. The van der Waals surface area contributed by atoms with E-state index >= 15 is 0 Å². The van der Waals surface area contributed by atoms with Crippen LogP contribution in [0.3, 0.4) is 0 Å². The summed E-state index contributed by atoms with van der Waals surface area (Å²) in [4.78, 5) is 7.91. The molecule has 3 saturated heterocycles. The van der Waals surface area contributed by atoms with Gasteiger partial charge in [0.1, 0.15) is 0 Å². The average molecular weight is 697 g/mol. The molecule has 51 heavy (non-hydrogen) atoms. The van der Waals surface area contributed by atoms with Crippen LogP contribution in [0, 0.1) is 47.3 Å². The van der Waals surface area contributed by atoms with Crippen LogP contribution in [-0.2, 0) is 0 Å². The zero-order valence-electron chi connectivity index (χ0n) is 30.8. The molecule has 14 unspecified atom stereocenters. The van der Waals surface area contributed by atoms with E-state index in [0.717, 1.165) is 17.2 Å². The van der Waals surface area contributed by atoms with Crippen molar-refractivity contribution in [1.82, 2.24) is 9.80 Å². The maximum Gasteiger partial charge on any atom is 0.0548 e. The lowest BCUT2D eigenvalue weighted by Gasteiger charge is -2.42. The van der Waals surface area contributed by atoms with E-state index in [9.17, 15) is 0 Å². The van der Waals surface area contributed by atoms with Crippen LogP contribution in [0.2, 0.25) is 0 Å². The Hall–Kier alpha value is -2.23. The normalized spacial score (nSPS) is 46.6. The van der Waals surface area contributed by atoms with Crippen LogP contribution in [0.4, 0.5) is 0 Å². The van der Waals surface area contributed by atoms with Crippen LogP contribution in [0.1, 0.15) is 103 Å². The van der Waals surface area contributed by atoms with Gasteiger partial charge in [-0.05, 0) is 113 Å². The van der Waals surface area contributed by atoms with E-state index in [1.807, 2.05) is 0 Å². The van der Waals surface area contributed by atoms with E-state index in [0.29, 0.717) is 65.6 Å². The first-order chi connectivity index (χ1) is 25.3. The summed E-state index contributed by atoms with van der Waals surface area (Å²) in [6.07, 6.45) is 58.5. The van der Waals surface area contributed by atoms with Crippen molar-refractivity contribution in [3.05, 3.63) is 107 Å². The van der Waals surface area contributed by atoms with Crippen LogP contribution >= 0.6 is 11.8 Å². The van der Waals surface area contributed by atoms with Crippen LogP contribution in [-0.4, -0.2) is 45.3 Å². The molecule has 11 rings (SSSR count). The highest BCUT2D eigenvalue weighted by Gasteiger charge is 2.54. The Morgan fingerprint density at radius 3 is 2.41 bits per heavy atom. The van der Waals surface area contributed by atoms with Gasteiger partial charge in [-0.1, -0.05) is 97.4 Å². The number of hydrogen-bond acceptors (Lipinski definition) is 3. The van der Waals surface area contributed by atoms with Gasteiger partial charge in [-0.3, -0.25) is 4.90 Å². The topological polar surface area (TPSA) is 6.48 Å². The van der Waals surface area contributed by atoms with Crippen molar-refractivity contribution in [1.29, 1.82) is 0 Å². The molecule has 0 spiro atoms. The maximum absolute atomic E-state index is 3.07. The van der Waals surface area contributed by atoms with Crippen molar-refractivity contribution in [2.24, 2.45) is 47.3 Å². The first kappa shape index (κ1) is 32.2. The zero-order valence-corrected chi connectivity index (χ0v) is 31.6. The molecule has 1 saturated carbocycles. The second-order valence-corrected chi connectivity index (χ2v) is 19.6. The SMILES string of the molecule is C1=CC(N2C3CCC=CC3C3C=CC(C4=CC5C(C=C4)C4CCCCC4N5C4=C5SC6CCC=CC6C5C(C5=CCCCC5)C=C4)CC32)CCC1. The second-order valence-electron chi connectivity index (χ2n) is 18.3. The number of hydrogen-bond donors (Lipinski definition) is 0. The van der Waals surface area contributed by atoms with Crippen molar-refractivity contribution in [2.75, 3.05) is 0 Å². The van der Waals surface area contributed by atoms with Gasteiger partial charge in [-0.2, -0.15) is 0 Å². The lowest BCUT2D eigenvalue weighted by Crippen LogP contribution is -2.46. The van der Waals surface area contributed by atoms with Gasteiger partial charge < -0.3 is 4.90 Å². The second kappa shape index (κ2) is 13.3. The summed E-state index contributed by atoms with van der Waals surface area (Å²) in [5.74, 6) is 5.37. The molecular weight excluding hydrogens is 637 g/mol. The number of thioether (sulfide) groups is 1. The molecule has 8 aliphatic carbocycles. The van der Waals surface area contributed by atoms with Crippen LogP contribution in [0.25, 0.3) is 0 Å². The van der Waals surface area contributed by atoms with E-state index in [-0.39, 0.29) is 0 Å². The smallest absolute Gasteiger partial charge is 0.0548 e. The van der Waals surface area contributed by atoms with Gasteiger partial charge in [0.2, 0.25) is 0 Å². The molecule has 4 fully saturated rings. The van der Waals surface area contributed by atoms with Crippen LogP contribution in [0.15, 0.2) is 107 Å². The highest BCUT2D eigenvalue weighted by molar-refractivity contribution is 8.04. The molecule has 3 heterocycles. The van der Waals surface area contributed by atoms with Crippen molar-refractivity contribution in [3.63, 3.8) is 0 Å². The van der Waals surface area contributed by atoms with Crippen molar-refractivity contribution in [2.45, 2.75) is 138 Å². The predicted molar refractivity (Wildman–Crippen MR) is 214 cm³/mol. The van der Waals surface area contributed by atoms with Crippen LogP contribution < -0.4 is 0 Å². The Kier molecular flexibility index (Phi) is 8.38.